The van der Waals surface area contributed by atoms with Crippen molar-refractivity contribution in [1.29, 1.82) is 0 Å². The van der Waals surface area contributed by atoms with E-state index in [4.69, 9.17) is 4.74 Å². The van der Waals surface area contributed by atoms with Gasteiger partial charge < -0.3 is 15.4 Å². The van der Waals surface area contributed by atoms with Crippen LogP contribution in [0.2, 0.25) is 0 Å². The van der Waals surface area contributed by atoms with E-state index in [1.54, 1.807) is 36.4 Å². The second-order valence-corrected chi connectivity index (χ2v) is 6.98. The van der Waals surface area contributed by atoms with Gasteiger partial charge in [-0.3, -0.25) is 14.4 Å². The molecule has 0 aliphatic heterocycles. The first kappa shape index (κ1) is 19.6. The molecule has 1 fully saturated rings. The molecule has 0 radical (unpaired) electrons. The van der Waals surface area contributed by atoms with E-state index < -0.39 is 11.7 Å². The summed E-state index contributed by atoms with van der Waals surface area (Å²) in [7, 11) is 0. The normalized spacial score (nSPS) is 12.9. The zero-order valence-corrected chi connectivity index (χ0v) is 15.9. The van der Waals surface area contributed by atoms with Crippen LogP contribution in [0.15, 0.2) is 48.5 Å². The Bertz CT molecular complexity index is 840. The molecular formula is C22H24N2O4. The van der Waals surface area contributed by atoms with E-state index >= 15 is 0 Å². The van der Waals surface area contributed by atoms with Gasteiger partial charge in [0.25, 0.3) is 11.8 Å². The molecular weight excluding hydrogens is 356 g/mol. The van der Waals surface area contributed by atoms with Crippen molar-refractivity contribution < 1.29 is 19.1 Å². The zero-order chi connectivity index (χ0) is 19.9. The van der Waals surface area contributed by atoms with Crippen LogP contribution in [0.1, 0.15) is 34.3 Å². The highest BCUT2D eigenvalue weighted by Gasteiger charge is 2.23. The monoisotopic (exact) mass is 380 g/mol. The van der Waals surface area contributed by atoms with Crippen LogP contribution in [0.25, 0.3) is 0 Å². The molecule has 0 atom stereocenters. The Morgan fingerprint density at radius 1 is 1.00 bits per heavy atom. The van der Waals surface area contributed by atoms with Crippen LogP contribution >= 0.6 is 0 Å². The summed E-state index contributed by atoms with van der Waals surface area (Å²) >= 11 is 0. The number of aryl methyl sites for hydroxylation is 1. The van der Waals surface area contributed by atoms with Crippen LogP contribution < -0.4 is 15.4 Å². The summed E-state index contributed by atoms with van der Waals surface area (Å²) in [6.45, 7) is 2.29. The minimum absolute atomic E-state index is 0.00697. The Labute approximate surface area is 164 Å². The molecule has 0 unspecified atom stereocenters. The number of carbonyl (C=O) groups excluding carboxylic acids is 3. The number of rotatable bonds is 9. The van der Waals surface area contributed by atoms with Gasteiger partial charge in [0, 0.05) is 18.2 Å². The summed E-state index contributed by atoms with van der Waals surface area (Å²) in [4.78, 5) is 35.7. The van der Waals surface area contributed by atoms with Crippen molar-refractivity contribution in [2.45, 2.75) is 32.2 Å². The molecule has 28 heavy (non-hydrogen) atoms. The molecule has 2 aromatic carbocycles. The molecule has 6 nitrogen and oxygen atoms in total. The number of Topliss-reactive ketones (excluding diaryl/α,β-unsaturated/α-hetero) is 1. The SMILES string of the molecule is Cc1ccc(C(=O)C(=O)NCCc2ccc(OCC(=O)NC3CC3)cc2)cc1. The lowest BCUT2D eigenvalue weighted by Crippen LogP contribution is -2.32. The van der Waals surface area contributed by atoms with E-state index in [1.165, 1.54) is 0 Å². The molecule has 0 spiro atoms. The molecule has 0 aromatic heterocycles. The average Bonchev–Trinajstić information content (AvgIpc) is 3.51. The van der Waals surface area contributed by atoms with E-state index in [0.29, 0.717) is 30.3 Å². The first-order chi connectivity index (χ1) is 13.5. The Balaban J connectivity index is 1.39. The van der Waals surface area contributed by atoms with Gasteiger partial charge in [-0.25, -0.2) is 0 Å². The summed E-state index contributed by atoms with van der Waals surface area (Å²) in [5.74, 6) is -0.625. The Kier molecular flexibility index (Phi) is 6.42. The fourth-order valence-electron chi connectivity index (χ4n) is 2.63. The van der Waals surface area contributed by atoms with E-state index in [-0.39, 0.29) is 12.5 Å². The molecule has 2 amide bonds. The molecule has 1 aliphatic carbocycles. The number of hydrogen-bond acceptors (Lipinski definition) is 4. The molecule has 1 saturated carbocycles. The van der Waals surface area contributed by atoms with Crippen LogP contribution in [-0.2, 0) is 16.0 Å². The fraction of sp³-hybridized carbons (Fsp3) is 0.318. The number of amides is 2. The maximum Gasteiger partial charge on any atom is 0.292 e. The van der Waals surface area contributed by atoms with Gasteiger partial charge in [-0.1, -0.05) is 42.0 Å². The summed E-state index contributed by atoms with van der Waals surface area (Å²) < 4.78 is 5.46. The lowest BCUT2D eigenvalue weighted by molar-refractivity contribution is -0.123. The Hall–Kier alpha value is -3.15. The molecule has 1 aliphatic rings. The van der Waals surface area contributed by atoms with Crippen LogP contribution in [0.4, 0.5) is 0 Å². The van der Waals surface area contributed by atoms with Crippen LogP contribution in [0, 0.1) is 6.92 Å². The van der Waals surface area contributed by atoms with Gasteiger partial charge in [-0.05, 0) is 43.9 Å². The maximum absolute atomic E-state index is 12.1. The molecule has 0 heterocycles. The highest BCUT2D eigenvalue weighted by Crippen LogP contribution is 2.18. The summed E-state index contributed by atoms with van der Waals surface area (Å²) in [5.41, 5.74) is 2.42. The van der Waals surface area contributed by atoms with Gasteiger partial charge in [-0.2, -0.15) is 0 Å². The number of nitrogens with one attached hydrogen (secondary N) is 2. The predicted octanol–water partition coefficient (Wildman–Crippen LogP) is 2.19. The topological polar surface area (TPSA) is 84.5 Å². The van der Waals surface area contributed by atoms with E-state index in [1.807, 2.05) is 19.1 Å². The van der Waals surface area contributed by atoms with Gasteiger partial charge in [-0.15, -0.1) is 0 Å². The number of hydrogen-bond donors (Lipinski definition) is 2. The zero-order valence-electron chi connectivity index (χ0n) is 15.9. The number of ketones is 1. The number of carbonyl (C=O) groups is 3. The second-order valence-electron chi connectivity index (χ2n) is 6.98. The van der Waals surface area contributed by atoms with Gasteiger partial charge >= 0.3 is 0 Å². The quantitative estimate of drug-likeness (QED) is 0.516. The minimum Gasteiger partial charge on any atom is -0.484 e. The van der Waals surface area contributed by atoms with Crippen LogP contribution in [0.3, 0.4) is 0 Å². The molecule has 0 bridgehead atoms. The van der Waals surface area contributed by atoms with Gasteiger partial charge in [0.1, 0.15) is 5.75 Å². The predicted molar refractivity (Wildman–Crippen MR) is 105 cm³/mol. The maximum atomic E-state index is 12.1. The molecule has 0 saturated heterocycles. The summed E-state index contributed by atoms with van der Waals surface area (Å²) in [6.07, 6.45) is 2.69. The van der Waals surface area contributed by atoms with E-state index in [0.717, 1.165) is 24.0 Å². The van der Waals surface area contributed by atoms with E-state index in [2.05, 4.69) is 10.6 Å². The number of ether oxygens (including phenoxy) is 1. The third-order valence-electron chi connectivity index (χ3n) is 4.45. The highest BCUT2D eigenvalue weighted by molar-refractivity contribution is 6.42. The van der Waals surface area contributed by atoms with Crippen molar-refractivity contribution in [3.8, 4) is 5.75 Å². The molecule has 6 heteroatoms. The van der Waals surface area contributed by atoms with Gasteiger partial charge in [0.05, 0.1) is 0 Å². The lowest BCUT2D eigenvalue weighted by atomic mass is 10.1. The van der Waals surface area contributed by atoms with Crippen molar-refractivity contribution in [2.75, 3.05) is 13.2 Å². The summed E-state index contributed by atoms with van der Waals surface area (Å²) in [6, 6.07) is 14.6. The van der Waals surface area contributed by atoms with Crippen LogP contribution in [0.5, 0.6) is 5.75 Å². The Morgan fingerprint density at radius 2 is 1.68 bits per heavy atom. The minimum atomic E-state index is -0.606. The summed E-state index contributed by atoms with van der Waals surface area (Å²) in [5, 5.41) is 5.52. The molecule has 2 aromatic rings. The van der Waals surface area contributed by atoms with E-state index in [9.17, 15) is 14.4 Å². The average molecular weight is 380 g/mol. The third kappa shape index (κ3) is 5.94. The Morgan fingerprint density at radius 3 is 2.32 bits per heavy atom. The lowest BCUT2D eigenvalue weighted by Gasteiger charge is -2.08. The van der Waals surface area contributed by atoms with Gasteiger partial charge in [0.15, 0.2) is 6.61 Å². The van der Waals surface area contributed by atoms with Crippen LogP contribution in [-0.4, -0.2) is 36.8 Å². The van der Waals surface area contributed by atoms with Crippen molar-refractivity contribution in [2.24, 2.45) is 0 Å². The molecule has 2 N–H and O–H groups in total. The standard InChI is InChI=1S/C22H24N2O4/c1-15-2-6-17(7-3-15)21(26)22(27)23-13-12-16-4-10-19(11-5-16)28-14-20(25)24-18-8-9-18/h2-7,10-11,18H,8-9,12-14H2,1H3,(H,23,27)(H,24,25). The van der Waals surface area contributed by atoms with Crippen molar-refractivity contribution in [1.82, 2.24) is 10.6 Å². The molecule has 3 rings (SSSR count). The first-order valence-corrected chi connectivity index (χ1v) is 9.41. The van der Waals surface area contributed by atoms with Crippen molar-refractivity contribution in [3.63, 3.8) is 0 Å². The molecule has 146 valence electrons. The van der Waals surface area contributed by atoms with Gasteiger partial charge in [0.2, 0.25) is 5.78 Å². The number of benzene rings is 2. The third-order valence-corrected chi connectivity index (χ3v) is 4.45. The fourth-order valence-corrected chi connectivity index (χ4v) is 2.63. The first-order valence-electron chi connectivity index (χ1n) is 9.41. The second kappa shape index (κ2) is 9.17. The highest BCUT2D eigenvalue weighted by atomic mass is 16.5. The largest absolute Gasteiger partial charge is 0.484 e. The smallest absolute Gasteiger partial charge is 0.292 e. The van der Waals surface area contributed by atoms with Crippen molar-refractivity contribution >= 4 is 17.6 Å². The van der Waals surface area contributed by atoms with Crippen molar-refractivity contribution in [3.05, 3.63) is 65.2 Å².